The van der Waals surface area contributed by atoms with Crippen molar-refractivity contribution in [1.29, 1.82) is 0 Å². The molecular formula is C14H8ClFO2S. The van der Waals surface area contributed by atoms with E-state index in [0.29, 0.717) is 26.4 Å². The first kappa shape index (κ1) is 12.4. The molecule has 0 aliphatic carbocycles. The molecule has 0 fully saturated rings. The van der Waals surface area contributed by atoms with Gasteiger partial charge in [0.05, 0.1) is 9.90 Å². The van der Waals surface area contributed by atoms with Crippen molar-refractivity contribution in [2.45, 2.75) is 6.92 Å². The SMILES string of the molecule is Cc1c(C(=O)c2sccc2Cl)oc2ccc(F)cc12. The molecule has 3 aromatic rings. The van der Waals surface area contributed by atoms with Gasteiger partial charge in [0.2, 0.25) is 5.78 Å². The van der Waals surface area contributed by atoms with E-state index in [1.807, 2.05) is 0 Å². The average Bonchev–Trinajstić information content (AvgIpc) is 2.94. The summed E-state index contributed by atoms with van der Waals surface area (Å²) >= 11 is 7.21. The van der Waals surface area contributed by atoms with Gasteiger partial charge in [-0.1, -0.05) is 11.6 Å². The van der Waals surface area contributed by atoms with Crippen molar-refractivity contribution < 1.29 is 13.6 Å². The van der Waals surface area contributed by atoms with Crippen molar-refractivity contribution in [3.8, 4) is 0 Å². The maximum Gasteiger partial charge on any atom is 0.239 e. The van der Waals surface area contributed by atoms with Crippen LogP contribution in [0.25, 0.3) is 11.0 Å². The summed E-state index contributed by atoms with van der Waals surface area (Å²) in [4.78, 5) is 12.8. The minimum atomic E-state index is -0.357. The smallest absolute Gasteiger partial charge is 0.239 e. The van der Waals surface area contributed by atoms with Crippen LogP contribution in [0.1, 0.15) is 21.0 Å². The molecule has 1 aromatic carbocycles. The van der Waals surface area contributed by atoms with Crippen LogP contribution in [0.15, 0.2) is 34.1 Å². The maximum absolute atomic E-state index is 13.2. The van der Waals surface area contributed by atoms with Crippen molar-refractivity contribution in [2.24, 2.45) is 0 Å². The number of carbonyl (C=O) groups is 1. The third-order valence-electron chi connectivity index (χ3n) is 2.93. The normalized spacial score (nSPS) is 11.1. The van der Waals surface area contributed by atoms with Gasteiger partial charge in [0, 0.05) is 10.9 Å². The van der Waals surface area contributed by atoms with Crippen molar-refractivity contribution in [3.05, 3.63) is 56.7 Å². The Morgan fingerprint density at radius 2 is 2.16 bits per heavy atom. The van der Waals surface area contributed by atoms with Crippen LogP contribution in [0.2, 0.25) is 5.02 Å². The third kappa shape index (κ3) is 1.97. The molecule has 2 heterocycles. The lowest BCUT2D eigenvalue weighted by atomic mass is 10.1. The number of rotatable bonds is 2. The zero-order valence-corrected chi connectivity index (χ0v) is 11.4. The summed E-state index contributed by atoms with van der Waals surface area (Å²) in [5.74, 6) is -0.413. The van der Waals surface area contributed by atoms with Crippen LogP contribution in [0, 0.1) is 12.7 Å². The molecule has 0 aliphatic heterocycles. The van der Waals surface area contributed by atoms with E-state index in [1.54, 1.807) is 18.4 Å². The summed E-state index contributed by atoms with van der Waals surface area (Å²) in [6, 6.07) is 5.85. The first-order chi connectivity index (χ1) is 9.08. The number of aryl methyl sites for hydroxylation is 1. The number of hydrogen-bond donors (Lipinski definition) is 0. The number of halogens is 2. The molecule has 0 radical (unpaired) electrons. The molecule has 0 N–H and O–H groups in total. The highest BCUT2D eigenvalue weighted by atomic mass is 35.5. The van der Waals surface area contributed by atoms with Gasteiger partial charge in [-0.25, -0.2) is 4.39 Å². The highest BCUT2D eigenvalue weighted by Crippen LogP contribution is 2.31. The summed E-state index contributed by atoms with van der Waals surface area (Å²) < 4.78 is 18.7. The summed E-state index contributed by atoms with van der Waals surface area (Å²) in [7, 11) is 0. The lowest BCUT2D eigenvalue weighted by Gasteiger charge is -1.96. The maximum atomic E-state index is 13.2. The molecule has 2 nitrogen and oxygen atoms in total. The number of thiophene rings is 1. The highest BCUT2D eigenvalue weighted by Gasteiger charge is 2.22. The molecule has 0 aliphatic rings. The molecule has 0 unspecified atom stereocenters. The molecule has 0 saturated heterocycles. The second-order valence-electron chi connectivity index (χ2n) is 4.12. The zero-order valence-electron chi connectivity index (χ0n) is 9.87. The number of benzene rings is 1. The Kier molecular flexibility index (Phi) is 2.92. The molecule has 19 heavy (non-hydrogen) atoms. The lowest BCUT2D eigenvalue weighted by molar-refractivity contribution is 0.101. The van der Waals surface area contributed by atoms with Gasteiger partial charge in [-0.05, 0) is 36.6 Å². The van der Waals surface area contributed by atoms with Crippen molar-refractivity contribution in [2.75, 3.05) is 0 Å². The third-order valence-corrected chi connectivity index (χ3v) is 4.27. The van der Waals surface area contributed by atoms with E-state index in [2.05, 4.69) is 0 Å². The summed E-state index contributed by atoms with van der Waals surface area (Å²) in [5, 5.41) is 2.75. The number of carbonyl (C=O) groups excluding carboxylic acids is 1. The minimum absolute atomic E-state index is 0.213. The topological polar surface area (TPSA) is 30.2 Å². The monoisotopic (exact) mass is 294 g/mol. The molecular weight excluding hydrogens is 287 g/mol. The van der Waals surface area contributed by atoms with Crippen LogP contribution >= 0.6 is 22.9 Å². The lowest BCUT2D eigenvalue weighted by Crippen LogP contribution is -1.99. The van der Waals surface area contributed by atoms with Crippen LogP contribution < -0.4 is 0 Å². The Hall–Kier alpha value is -1.65. The van der Waals surface area contributed by atoms with E-state index in [-0.39, 0.29) is 17.4 Å². The Labute approximate surface area is 117 Å². The number of ketones is 1. The highest BCUT2D eigenvalue weighted by molar-refractivity contribution is 7.13. The van der Waals surface area contributed by atoms with Gasteiger partial charge in [-0.3, -0.25) is 4.79 Å². The molecule has 3 rings (SSSR count). The Morgan fingerprint density at radius 3 is 2.84 bits per heavy atom. The molecule has 0 saturated carbocycles. The van der Waals surface area contributed by atoms with Crippen LogP contribution in [-0.4, -0.2) is 5.78 Å². The van der Waals surface area contributed by atoms with Gasteiger partial charge in [0.25, 0.3) is 0 Å². The fourth-order valence-corrected chi connectivity index (χ4v) is 3.05. The van der Waals surface area contributed by atoms with E-state index >= 15 is 0 Å². The number of hydrogen-bond acceptors (Lipinski definition) is 3. The standard InChI is InChI=1S/C14H8ClFO2S/c1-7-9-6-8(16)2-3-11(9)18-13(7)12(17)14-10(15)4-5-19-14/h2-6H,1H3. The largest absolute Gasteiger partial charge is 0.452 e. The molecule has 0 amide bonds. The Balaban J connectivity index is 2.18. The molecule has 5 heteroatoms. The quantitative estimate of drug-likeness (QED) is 0.634. The van der Waals surface area contributed by atoms with Gasteiger partial charge in [0.1, 0.15) is 11.4 Å². The van der Waals surface area contributed by atoms with E-state index in [9.17, 15) is 9.18 Å². The average molecular weight is 295 g/mol. The molecule has 96 valence electrons. The zero-order chi connectivity index (χ0) is 13.6. The van der Waals surface area contributed by atoms with Crippen LogP contribution in [0.4, 0.5) is 4.39 Å². The second kappa shape index (κ2) is 4.47. The fraction of sp³-hybridized carbons (Fsp3) is 0.0714. The Bertz CT molecular complexity index is 788. The summed E-state index contributed by atoms with van der Waals surface area (Å²) in [6.45, 7) is 1.74. The molecule has 0 bridgehead atoms. The van der Waals surface area contributed by atoms with Gasteiger partial charge in [-0.15, -0.1) is 11.3 Å². The van der Waals surface area contributed by atoms with E-state index in [4.69, 9.17) is 16.0 Å². The fourth-order valence-electron chi connectivity index (χ4n) is 1.97. The predicted octanol–water partition coefficient (Wildman–Crippen LogP) is 4.83. The first-order valence-corrected chi connectivity index (χ1v) is 6.80. The van der Waals surface area contributed by atoms with Crippen LogP contribution in [0.3, 0.4) is 0 Å². The van der Waals surface area contributed by atoms with Gasteiger partial charge < -0.3 is 4.42 Å². The second-order valence-corrected chi connectivity index (χ2v) is 5.45. The molecule has 2 aromatic heterocycles. The van der Waals surface area contributed by atoms with E-state index < -0.39 is 0 Å². The number of furan rings is 1. The van der Waals surface area contributed by atoms with Crippen LogP contribution in [-0.2, 0) is 0 Å². The number of fused-ring (bicyclic) bond motifs is 1. The van der Waals surface area contributed by atoms with Crippen molar-refractivity contribution in [1.82, 2.24) is 0 Å². The van der Waals surface area contributed by atoms with E-state index in [1.165, 1.54) is 29.5 Å². The summed E-state index contributed by atoms with van der Waals surface area (Å²) in [6.07, 6.45) is 0. The van der Waals surface area contributed by atoms with Crippen molar-refractivity contribution >= 4 is 39.7 Å². The van der Waals surface area contributed by atoms with Crippen molar-refractivity contribution in [3.63, 3.8) is 0 Å². The van der Waals surface area contributed by atoms with Gasteiger partial charge in [0.15, 0.2) is 5.76 Å². The van der Waals surface area contributed by atoms with E-state index in [0.717, 1.165) is 0 Å². The van der Waals surface area contributed by atoms with Gasteiger partial charge >= 0.3 is 0 Å². The minimum Gasteiger partial charge on any atom is -0.452 e. The predicted molar refractivity (Wildman–Crippen MR) is 73.7 cm³/mol. The Morgan fingerprint density at radius 1 is 1.37 bits per heavy atom. The molecule has 0 spiro atoms. The summed E-state index contributed by atoms with van der Waals surface area (Å²) in [5.41, 5.74) is 1.12. The molecule has 0 atom stereocenters. The first-order valence-electron chi connectivity index (χ1n) is 5.54. The van der Waals surface area contributed by atoms with Crippen LogP contribution in [0.5, 0.6) is 0 Å². The van der Waals surface area contributed by atoms with Gasteiger partial charge in [-0.2, -0.15) is 0 Å².